The fourth-order valence-corrected chi connectivity index (χ4v) is 10.2. The van der Waals surface area contributed by atoms with Crippen molar-refractivity contribution >= 4 is 68.1 Å². The average Bonchev–Trinajstić information content (AvgIpc) is 3.61. The molecule has 0 spiro atoms. The van der Waals surface area contributed by atoms with Gasteiger partial charge in [0.05, 0.1) is 11.7 Å². The van der Waals surface area contributed by atoms with Crippen LogP contribution in [0.3, 0.4) is 0 Å². The Bertz CT molecular complexity index is 1740. The first-order valence-electron chi connectivity index (χ1n) is 11.5. The Hall–Kier alpha value is -2.16. The van der Waals surface area contributed by atoms with Crippen LogP contribution in [0.15, 0.2) is 48.5 Å². The third-order valence-electron chi connectivity index (χ3n) is 6.77. The van der Waals surface area contributed by atoms with Crippen molar-refractivity contribution in [2.24, 2.45) is 0 Å². The molecule has 0 saturated heterocycles. The van der Waals surface area contributed by atoms with E-state index in [9.17, 15) is 0 Å². The molecule has 0 N–H and O–H groups in total. The number of aromatic nitrogens is 2. The predicted octanol–water partition coefficient (Wildman–Crippen LogP) is 10.1. The van der Waals surface area contributed by atoms with Gasteiger partial charge in [-0.1, -0.05) is 26.0 Å². The van der Waals surface area contributed by atoms with Crippen LogP contribution >= 0.6 is 57.1 Å². The Labute approximate surface area is 224 Å². The molecule has 0 amide bonds. The van der Waals surface area contributed by atoms with E-state index >= 15 is 0 Å². The summed E-state index contributed by atoms with van der Waals surface area (Å²) in [6.45, 7) is 9.16. The second-order valence-electron chi connectivity index (χ2n) is 9.82. The Morgan fingerprint density at radius 1 is 0.657 bits per heavy atom. The van der Waals surface area contributed by atoms with Gasteiger partial charge in [-0.2, -0.15) is 8.75 Å². The second-order valence-corrected chi connectivity index (χ2v) is 15.0. The SMILES string of the molecule is Cc1ccc(-c2ccc(-c3ccc(-c4cc5c(s4)-c4sc(C)cc4CC5(C)C)s3)c3nsnc23)s1. The smallest absolute Gasteiger partial charge is 0.114 e. The maximum absolute atomic E-state index is 4.72. The van der Waals surface area contributed by atoms with Crippen LogP contribution in [0.5, 0.6) is 0 Å². The second kappa shape index (κ2) is 7.92. The van der Waals surface area contributed by atoms with E-state index in [1.54, 1.807) is 0 Å². The number of fused-ring (bicyclic) bond motifs is 4. The minimum Gasteiger partial charge on any atom is -0.172 e. The summed E-state index contributed by atoms with van der Waals surface area (Å²) in [5.41, 5.74) is 7.57. The van der Waals surface area contributed by atoms with Gasteiger partial charge in [-0.25, -0.2) is 0 Å². The Morgan fingerprint density at radius 2 is 1.34 bits per heavy atom. The molecule has 174 valence electrons. The van der Waals surface area contributed by atoms with Crippen LogP contribution in [0.4, 0.5) is 0 Å². The Morgan fingerprint density at radius 3 is 2.06 bits per heavy atom. The van der Waals surface area contributed by atoms with Gasteiger partial charge in [0.1, 0.15) is 11.0 Å². The van der Waals surface area contributed by atoms with E-state index in [0.29, 0.717) is 0 Å². The summed E-state index contributed by atoms with van der Waals surface area (Å²) in [6, 6.07) is 18.2. The van der Waals surface area contributed by atoms with Gasteiger partial charge in [-0.15, -0.1) is 45.3 Å². The van der Waals surface area contributed by atoms with E-state index in [1.807, 2.05) is 45.3 Å². The molecule has 0 bridgehead atoms. The highest BCUT2D eigenvalue weighted by Gasteiger charge is 2.34. The molecule has 0 radical (unpaired) electrons. The minimum atomic E-state index is 0.166. The number of hydrogen-bond donors (Lipinski definition) is 0. The van der Waals surface area contributed by atoms with Crippen molar-refractivity contribution in [3.63, 3.8) is 0 Å². The molecule has 0 fully saturated rings. The van der Waals surface area contributed by atoms with Crippen molar-refractivity contribution in [1.29, 1.82) is 0 Å². The summed E-state index contributed by atoms with van der Waals surface area (Å²) >= 11 is 8.89. The van der Waals surface area contributed by atoms with Crippen LogP contribution in [0, 0.1) is 13.8 Å². The van der Waals surface area contributed by atoms with E-state index in [0.717, 1.165) is 17.5 Å². The maximum atomic E-state index is 4.72. The molecule has 0 aliphatic heterocycles. The molecule has 0 atom stereocenters. The number of aryl methyl sites for hydroxylation is 2. The predicted molar refractivity (Wildman–Crippen MR) is 157 cm³/mol. The third-order valence-corrected chi connectivity index (χ3v) is 12.0. The fraction of sp³-hybridized carbons (Fsp3) is 0.214. The van der Waals surface area contributed by atoms with E-state index in [-0.39, 0.29) is 5.41 Å². The molecule has 1 aromatic carbocycles. The monoisotopic (exact) mass is 546 g/mol. The van der Waals surface area contributed by atoms with Gasteiger partial charge >= 0.3 is 0 Å². The summed E-state index contributed by atoms with van der Waals surface area (Å²) < 4.78 is 9.40. The number of benzene rings is 1. The number of nitrogens with zero attached hydrogens (tertiary/aromatic N) is 2. The first-order chi connectivity index (χ1) is 16.9. The quantitative estimate of drug-likeness (QED) is 0.221. The van der Waals surface area contributed by atoms with Crippen molar-refractivity contribution in [2.45, 2.75) is 39.5 Å². The zero-order chi connectivity index (χ0) is 23.9. The molecule has 1 aliphatic rings. The lowest BCUT2D eigenvalue weighted by atomic mass is 9.75. The standard InChI is InChI=1S/C28H22N2S5/c1-14-5-8-20(31-14)17-6-7-18(25-24(17)29-35-30-25)21-9-10-22(33-21)23-12-19-27(34-23)26-16(11-15(2)32-26)13-28(19,3)4/h5-12H,13H2,1-4H3. The first-order valence-corrected chi connectivity index (χ1v) is 15.5. The lowest BCUT2D eigenvalue weighted by molar-refractivity contribution is 0.521. The average molecular weight is 547 g/mol. The van der Waals surface area contributed by atoms with Gasteiger partial charge in [0.2, 0.25) is 0 Å². The van der Waals surface area contributed by atoms with E-state index in [4.69, 9.17) is 4.37 Å². The molecular weight excluding hydrogens is 525 g/mol. The maximum Gasteiger partial charge on any atom is 0.114 e. The van der Waals surface area contributed by atoms with Crippen LogP contribution in [-0.2, 0) is 11.8 Å². The first kappa shape index (κ1) is 22.1. The van der Waals surface area contributed by atoms with Gasteiger partial charge in [-0.3, -0.25) is 0 Å². The van der Waals surface area contributed by atoms with Crippen molar-refractivity contribution in [1.82, 2.24) is 8.75 Å². The van der Waals surface area contributed by atoms with E-state index in [1.165, 1.54) is 73.0 Å². The highest BCUT2D eigenvalue weighted by Crippen LogP contribution is 2.53. The number of thiophene rings is 4. The highest BCUT2D eigenvalue weighted by atomic mass is 32.1. The normalized spacial score (nSPS) is 14.4. The molecular formula is C28H22N2S5. The Kier molecular flexibility index (Phi) is 4.99. The van der Waals surface area contributed by atoms with Gasteiger partial charge < -0.3 is 0 Å². The van der Waals surface area contributed by atoms with Crippen molar-refractivity contribution in [3.05, 3.63) is 69.4 Å². The fourth-order valence-electron chi connectivity index (χ4n) is 5.10. The third kappa shape index (κ3) is 3.51. The van der Waals surface area contributed by atoms with Gasteiger partial charge in [-0.05, 0) is 73.2 Å². The molecule has 5 heterocycles. The molecule has 7 rings (SSSR count). The van der Waals surface area contributed by atoms with E-state index < -0.39 is 0 Å². The topological polar surface area (TPSA) is 25.8 Å². The molecule has 0 saturated carbocycles. The van der Waals surface area contributed by atoms with Crippen LogP contribution < -0.4 is 0 Å². The van der Waals surface area contributed by atoms with Gasteiger partial charge in [0, 0.05) is 50.1 Å². The summed E-state index contributed by atoms with van der Waals surface area (Å²) in [7, 11) is 0. The zero-order valence-corrected chi connectivity index (χ0v) is 23.8. The zero-order valence-electron chi connectivity index (χ0n) is 19.8. The van der Waals surface area contributed by atoms with Crippen LogP contribution in [-0.4, -0.2) is 8.75 Å². The molecule has 5 aromatic heterocycles. The Balaban J connectivity index is 1.31. The van der Waals surface area contributed by atoms with Crippen LogP contribution in [0.2, 0.25) is 0 Å². The minimum absolute atomic E-state index is 0.166. The van der Waals surface area contributed by atoms with Crippen LogP contribution in [0.1, 0.15) is 34.7 Å². The van der Waals surface area contributed by atoms with Crippen molar-refractivity contribution in [3.8, 4) is 40.4 Å². The van der Waals surface area contributed by atoms with E-state index in [2.05, 4.69) is 80.6 Å². The van der Waals surface area contributed by atoms with Crippen LogP contribution in [0.25, 0.3) is 51.4 Å². The molecule has 6 aromatic rings. The van der Waals surface area contributed by atoms with Gasteiger partial charge in [0.15, 0.2) is 0 Å². The summed E-state index contributed by atoms with van der Waals surface area (Å²) in [6.07, 6.45) is 1.12. The van der Waals surface area contributed by atoms with Crippen molar-refractivity contribution in [2.75, 3.05) is 0 Å². The number of hydrogen-bond acceptors (Lipinski definition) is 7. The lowest BCUT2D eigenvalue weighted by Gasteiger charge is -2.29. The summed E-state index contributed by atoms with van der Waals surface area (Å²) in [4.78, 5) is 10.9. The highest BCUT2D eigenvalue weighted by molar-refractivity contribution is 7.27. The molecule has 7 heteroatoms. The molecule has 35 heavy (non-hydrogen) atoms. The molecule has 2 nitrogen and oxygen atoms in total. The van der Waals surface area contributed by atoms with Crippen molar-refractivity contribution < 1.29 is 0 Å². The molecule has 1 aliphatic carbocycles. The number of rotatable bonds is 3. The summed E-state index contributed by atoms with van der Waals surface area (Å²) in [5.74, 6) is 0. The summed E-state index contributed by atoms with van der Waals surface area (Å²) in [5, 5.41) is 0. The molecule has 0 unspecified atom stereocenters. The van der Waals surface area contributed by atoms with Gasteiger partial charge in [0.25, 0.3) is 0 Å². The lowest BCUT2D eigenvalue weighted by Crippen LogP contribution is -2.23. The largest absolute Gasteiger partial charge is 0.172 e.